The Morgan fingerprint density at radius 1 is 1.04 bits per heavy atom. The molecule has 0 spiro atoms. The molecule has 0 aromatic heterocycles. The summed E-state index contributed by atoms with van der Waals surface area (Å²) in [6.07, 6.45) is 7.84. The van der Waals surface area contributed by atoms with Gasteiger partial charge in [0.05, 0.1) is 4.90 Å². The van der Waals surface area contributed by atoms with Gasteiger partial charge in [0.2, 0.25) is 15.9 Å². The van der Waals surface area contributed by atoms with E-state index in [-0.39, 0.29) is 22.8 Å². The Kier molecular flexibility index (Phi) is 7.86. The fourth-order valence-electron chi connectivity index (χ4n) is 3.50. The van der Waals surface area contributed by atoms with Crippen LogP contribution in [0.15, 0.2) is 29.2 Å². The van der Waals surface area contributed by atoms with Crippen LogP contribution < -0.4 is 10.0 Å². The maximum Gasteiger partial charge on any atom is 0.240 e. The third kappa shape index (κ3) is 7.26. The third-order valence-corrected chi connectivity index (χ3v) is 6.75. The molecule has 27 heavy (non-hydrogen) atoms. The molecule has 1 saturated carbocycles. The fourth-order valence-corrected chi connectivity index (χ4v) is 4.54. The van der Waals surface area contributed by atoms with Crippen molar-refractivity contribution >= 4 is 15.9 Å². The normalized spacial score (nSPS) is 16.3. The van der Waals surface area contributed by atoms with E-state index in [2.05, 4.69) is 30.8 Å². The first-order valence-corrected chi connectivity index (χ1v) is 11.5. The first-order valence-electron chi connectivity index (χ1n) is 10.1. The van der Waals surface area contributed by atoms with Gasteiger partial charge in [-0.25, -0.2) is 13.1 Å². The van der Waals surface area contributed by atoms with E-state index >= 15 is 0 Å². The molecule has 2 rings (SSSR count). The van der Waals surface area contributed by atoms with Gasteiger partial charge in [0.15, 0.2) is 0 Å². The van der Waals surface area contributed by atoms with E-state index in [0.29, 0.717) is 18.9 Å². The average molecular weight is 395 g/mol. The Morgan fingerprint density at radius 3 is 2.26 bits per heavy atom. The molecule has 152 valence electrons. The van der Waals surface area contributed by atoms with E-state index in [0.717, 1.165) is 12.0 Å². The smallest absolute Gasteiger partial charge is 0.240 e. The molecule has 0 bridgehead atoms. The van der Waals surface area contributed by atoms with Crippen molar-refractivity contribution in [2.45, 2.75) is 76.0 Å². The topological polar surface area (TPSA) is 75.3 Å². The summed E-state index contributed by atoms with van der Waals surface area (Å²) in [5.41, 5.74) is 1.07. The monoisotopic (exact) mass is 394 g/mol. The number of hydrogen-bond donors (Lipinski definition) is 2. The zero-order valence-corrected chi connectivity index (χ0v) is 17.7. The van der Waals surface area contributed by atoms with Crippen LogP contribution in [-0.2, 0) is 20.2 Å². The Morgan fingerprint density at radius 2 is 1.67 bits per heavy atom. The molecule has 0 heterocycles. The quantitative estimate of drug-likeness (QED) is 0.660. The highest BCUT2D eigenvalue weighted by atomic mass is 32.2. The van der Waals surface area contributed by atoms with Gasteiger partial charge in [-0.3, -0.25) is 4.79 Å². The van der Waals surface area contributed by atoms with Crippen LogP contribution in [0.4, 0.5) is 0 Å². The summed E-state index contributed by atoms with van der Waals surface area (Å²) in [4.78, 5) is 12.2. The Balaban J connectivity index is 1.71. The molecule has 1 aromatic rings. The lowest BCUT2D eigenvalue weighted by Gasteiger charge is -2.21. The molecule has 0 aliphatic heterocycles. The molecular weight excluding hydrogens is 360 g/mol. The lowest BCUT2D eigenvalue weighted by molar-refractivity contribution is -0.121. The Bertz CT molecular complexity index is 700. The maximum absolute atomic E-state index is 12.3. The molecule has 1 amide bonds. The highest BCUT2D eigenvalue weighted by molar-refractivity contribution is 7.89. The number of amides is 1. The standard InChI is InChI=1S/C21H34N2O3S/c1-21(2,3)18-10-12-19(13-11-18)27(25,26)23-16-15-22-20(24)14-9-17-7-5-4-6-8-17/h10-13,17,23H,4-9,14-16H2,1-3H3,(H,22,24). The van der Waals surface area contributed by atoms with Crippen molar-refractivity contribution in [2.75, 3.05) is 13.1 Å². The van der Waals surface area contributed by atoms with E-state index in [1.165, 1.54) is 32.1 Å². The molecule has 1 aliphatic carbocycles. The first-order chi connectivity index (χ1) is 12.7. The van der Waals surface area contributed by atoms with Gasteiger partial charge >= 0.3 is 0 Å². The molecule has 0 atom stereocenters. The Hall–Kier alpha value is -1.40. The molecule has 1 aromatic carbocycles. The number of carbonyl (C=O) groups excluding carboxylic acids is 1. The van der Waals surface area contributed by atoms with Gasteiger partial charge in [-0.2, -0.15) is 0 Å². The number of nitrogens with one attached hydrogen (secondary N) is 2. The van der Waals surface area contributed by atoms with E-state index in [4.69, 9.17) is 0 Å². The highest BCUT2D eigenvalue weighted by Crippen LogP contribution is 2.27. The minimum Gasteiger partial charge on any atom is -0.355 e. The van der Waals surface area contributed by atoms with E-state index in [1.807, 2.05) is 12.1 Å². The SMILES string of the molecule is CC(C)(C)c1ccc(S(=O)(=O)NCCNC(=O)CCC2CCCCC2)cc1. The zero-order chi connectivity index (χ0) is 19.9. The average Bonchev–Trinajstić information content (AvgIpc) is 2.64. The summed E-state index contributed by atoms with van der Waals surface area (Å²) in [5, 5.41) is 2.81. The number of rotatable bonds is 8. The van der Waals surface area contributed by atoms with E-state index in [1.54, 1.807) is 12.1 Å². The van der Waals surface area contributed by atoms with Crippen molar-refractivity contribution in [1.29, 1.82) is 0 Å². The van der Waals surface area contributed by atoms with Crippen LogP contribution in [0.5, 0.6) is 0 Å². The molecule has 5 nitrogen and oxygen atoms in total. The summed E-state index contributed by atoms with van der Waals surface area (Å²) in [6.45, 7) is 6.77. The summed E-state index contributed by atoms with van der Waals surface area (Å²) in [5.74, 6) is 0.688. The second kappa shape index (κ2) is 9.69. The van der Waals surface area contributed by atoms with Crippen molar-refractivity contribution in [3.8, 4) is 0 Å². The molecule has 0 saturated heterocycles. The van der Waals surface area contributed by atoms with Gasteiger partial charge in [-0.1, -0.05) is 65.0 Å². The number of benzene rings is 1. The van der Waals surface area contributed by atoms with Crippen molar-refractivity contribution in [1.82, 2.24) is 10.0 Å². The van der Waals surface area contributed by atoms with Crippen molar-refractivity contribution in [3.05, 3.63) is 29.8 Å². The maximum atomic E-state index is 12.3. The first kappa shape index (κ1) is 21.9. The number of sulfonamides is 1. The van der Waals surface area contributed by atoms with Crippen molar-refractivity contribution in [2.24, 2.45) is 5.92 Å². The molecule has 0 radical (unpaired) electrons. The third-order valence-electron chi connectivity index (χ3n) is 5.27. The van der Waals surface area contributed by atoms with Crippen LogP contribution in [0.25, 0.3) is 0 Å². The second-order valence-electron chi connectivity index (χ2n) is 8.56. The minimum absolute atomic E-state index is 0.00861. The highest BCUT2D eigenvalue weighted by Gasteiger charge is 2.18. The van der Waals surface area contributed by atoms with Crippen LogP contribution in [-0.4, -0.2) is 27.4 Å². The molecule has 1 fully saturated rings. The van der Waals surface area contributed by atoms with Crippen LogP contribution in [0.3, 0.4) is 0 Å². The zero-order valence-electron chi connectivity index (χ0n) is 16.9. The largest absolute Gasteiger partial charge is 0.355 e. The minimum atomic E-state index is -3.55. The lowest BCUT2D eigenvalue weighted by Crippen LogP contribution is -2.34. The number of carbonyl (C=O) groups is 1. The molecule has 2 N–H and O–H groups in total. The van der Waals surface area contributed by atoms with Crippen molar-refractivity contribution in [3.63, 3.8) is 0 Å². The second-order valence-corrected chi connectivity index (χ2v) is 10.3. The Labute approximate surface area is 164 Å². The lowest BCUT2D eigenvalue weighted by atomic mass is 9.86. The molecule has 6 heteroatoms. The van der Waals surface area contributed by atoms with Gasteiger partial charge in [-0.15, -0.1) is 0 Å². The fraction of sp³-hybridized carbons (Fsp3) is 0.667. The van der Waals surface area contributed by atoms with Crippen molar-refractivity contribution < 1.29 is 13.2 Å². The molecule has 0 unspecified atom stereocenters. The van der Waals surface area contributed by atoms with Crippen LogP contribution >= 0.6 is 0 Å². The van der Waals surface area contributed by atoms with E-state index in [9.17, 15) is 13.2 Å². The number of hydrogen-bond acceptors (Lipinski definition) is 3. The van der Waals surface area contributed by atoms with Gasteiger partial charge in [0.1, 0.15) is 0 Å². The van der Waals surface area contributed by atoms with Crippen LogP contribution in [0.1, 0.15) is 71.3 Å². The van der Waals surface area contributed by atoms with Gasteiger partial charge in [0.25, 0.3) is 0 Å². The van der Waals surface area contributed by atoms with E-state index < -0.39 is 10.0 Å². The summed E-state index contributed by atoms with van der Waals surface area (Å²) in [6, 6.07) is 6.96. The van der Waals surface area contributed by atoms with Gasteiger partial charge < -0.3 is 5.32 Å². The van der Waals surface area contributed by atoms with Gasteiger partial charge in [-0.05, 0) is 35.4 Å². The van der Waals surface area contributed by atoms with Gasteiger partial charge in [0, 0.05) is 19.5 Å². The molecule has 1 aliphatic rings. The van der Waals surface area contributed by atoms with Crippen LogP contribution in [0.2, 0.25) is 0 Å². The van der Waals surface area contributed by atoms with Crippen LogP contribution in [0, 0.1) is 5.92 Å². The summed E-state index contributed by atoms with van der Waals surface area (Å²) in [7, 11) is -3.55. The summed E-state index contributed by atoms with van der Waals surface area (Å²) < 4.78 is 27.2. The predicted molar refractivity (Wildman–Crippen MR) is 109 cm³/mol. The predicted octanol–water partition coefficient (Wildman–Crippen LogP) is 3.74. The summed E-state index contributed by atoms with van der Waals surface area (Å²) >= 11 is 0. The molecular formula is C21H34N2O3S.